The summed E-state index contributed by atoms with van der Waals surface area (Å²) in [6.07, 6.45) is 6.36. The number of carbonyl (C=O) groups is 1. The molecule has 222 valence electrons. The van der Waals surface area contributed by atoms with Crippen LogP contribution >= 0.6 is 11.8 Å². The van der Waals surface area contributed by atoms with Crippen LogP contribution in [0.15, 0.2) is 30.3 Å². The van der Waals surface area contributed by atoms with Crippen LogP contribution in [0.25, 0.3) is 0 Å². The van der Waals surface area contributed by atoms with Crippen molar-refractivity contribution < 1.29 is 19.7 Å². The van der Waals surface area contributed by atoms with Crippen LogP contribution in [0.1, 0.15) is 92.1 Å². The maximum Gasteiger partial charge on any atom is 0.224 e. The highest BCUT2D eigenvalue weighted by Crippen LogP contribution is 2.36. The van der Waals surface area contributed by atoms with E-state index in [4.69, 9.17) is 4.74 Å². The predicted molar refractivity (Wildman–Crippen MR) is 162 cm³/mol. The summed E-state index contributed by atoms with van der Waals surface area (Å²) in [5.41, 5.74) is 0.637. The van der Waals surface area contributed by atoms with Gasteiger partial charge in [-0.25, -0.2) is 0 Å². The van der Waals surface area contributed by atoms with Gasteiger partial charge in [-0.3, -0.25) is 10.1 Å². The van der Waals surface area contributed by atoms with E-state index < -0.39 is 17.8 Å². The highest BCUT2D eigenvalue weighted by atomic mass is 32.2. The summed E-state index contributed by atoms with van der Waals surface area (Å²) in [5.74, 6) is 1.55. The molecule has 0 bridgehead atoms. The Hall–Kier alpha value is -1.12. The molecule has 1 aliphatic heterocycles. The Morgan fingerprint density at radius 3 is 2.41 bits per heavy atom. The lowest BCUT2D eigenvalue weighted by Gasteiger charge is -2.32. The molecule has 1 aromatic rings. The van der Waals surface area contributed by atoms with Crippen molar-refractivity contribution in [3.63, 3.8) is 0 Å². The van der Waals surface area contributed by atoms with Gasteiger partial charge in [-0.05, 0) is 43.6 Å². The van der Waals surface area contributed by atoms with Crippen LogP contribution in [0.3, 0.4) is 0 Å². The number of hydrogen-bond acceptors (Lipinski definition) is 6. The molecule has 1 amide bonds. The maximum absolute atomic E-state index is 13.4. The fourth-order valence-corrected chi connectivity index (χ4v) is 6.61. The first-order valence-electron chi connectivity index (χ1n) is 15.1. The molecule has 1 aliphatic carbocycles. The van der Waals surface area contributed by atoms with E-state index in [0.717, 1.165) is 12.2 Å². The number of ether oxygens (including phenoxy) is 1. The molecule has 0 radical (unpaired) electrons. The van der Waals surface area contributed by atoms with Gasteiger partial charge in [-0.1, -0.05) is 97.1 Å². The van der Waals surface area contributed by atoms with Crippen LogP contribution in [0.2, 0.25) is 0 Å². The van der Waals surface area contributed by atoms with E-state index in [9.17, 15) is 15.0 Å². The molecule has 6 nitrogen and oxygen atoms in total. The van der Waals surface area contributed by atoms with Gasteiger partial charge in [0.1, 0.15) is 11.8 Å². The van der Waals surface area contributed by atoms with E-state index >= 15 is 0 Å². The molecule has 39 heavy (non-hydrogen) atoms. The first-order chi connectivity index (χ1) is 18.4. The third kappa shape index (κ3) is 11.0. The fraction of sp³-hybridized carbons (Fsp3) is 0.781. The third-order valence-electron chi connectivity index (χ3n) is 8.11. The Morgan fingerprint density at radius 1 is 1.13 bits per heavy atom. The summed E-state index contributed by atoms with van der Waals surface area (Å²) in [6, 6.07) is 9.97. The average molecular weight is 563 g/mol. The summed E-state index contributed by atoms with van der Waals surface area (Å²) >= 11 is 1.82. The number of hydrogen-bond donors (Lipinski definition) is 4. The minimum Gasteiger partial charge on any atom is -0.390 e. The van der Waals surface area contributed by atoms with Gasteiger partial charge in [0.05, 0.1) is 24.7 Å². The van der Waals surface area contributed by atoms with Crippen LogP contribution in [0.5, 0.6) is 0 Å². The number of epoxide rings is 1. The van der Waals surface area contributed by atoms with Gasteiger partial charge in [0.2, 0.25) is 5.91 Å². The fourth-order valence-electron chi connectivity index (χ4n) is 5.64. The van der Waals surface area contributed by atoms with Gasteiger partial charge in [-0.2, -0.15) is 11.8 Å². The van der Waals surface area contributed by atoms with Crippen molar-refractivity contribution in [1.29, 1.82) is 0 Å². The molecule has 1 aromatic carbocycles. The molecule has 1 saturated carbocycles. The SMILES string of the molecule is CC(C)C[C@H](O)[C@@H](O)[C@@H](CC1CCCCC1)NC1OC1(C)CNC(=O)C(CSC(C)(C)C)Cc1ccccc1. The molecule has 2 aliphatic rings. The summed E-state index contributed by atoms with van der Waals surface area (Å²) in [7, 11) is 0. The zero-order valence-electron chi connectivity index (χ0n) is 25.1. The van der Waals surface area contributed by atoms with Crippen molar-refractivity contribution in [2.24, 2.45) is 17.8 Å². The maximum atomic E-state index is 13.4. The van der Waals surface area contributed by atoms with E-state index in [2.05, 4.69) is 57.4 Å². The molecule has 3 rings (SSSR count). The number of amides is 1. The van der Waals surface area contributed by atoms with Crippen LogP contribution in [-0.2, 0) is 16.0 Å². The highest BCUT2D eigenvalue weighted by Gasteiger charge is 2.54. The monoisotopic (exact) mass is 562 g/mol. The third-order valence-corrected chi connectivity index (χ3v) is 9.54. The van der Waals surface area contributed by atoms with E-state index in [1.807, 2.05) is 36.9 Å². The number of aliphatic hydroxyl groups excluding tert-OH is 2. The number of carbonyl (C=O) groups excluding carboxylic acids is 1. The lowest BCUT2D eigenvalue weighted by molar-refractivity contribution is -0.124. The molecule has 0 spiro atoms. The average Bonchev–Trinajstić information content (AvgIpc) is 3.53. The van der Waals surface area contributed by atoms with Gasteiger partial charge in [-0.15, -0.1) is 0 Å². The Balaban J connectivity index is 1.58. The molecule has 3 unspecified atom stereocenters. The van der Waals surface area contributed by atoms with Gasteiger partial charge >= 0.3 is 0 Å². The lowest BCUT2D eigenvalue weighted by atomic mass is 9.82. The molecular weight excluding hydrogens is 508 g/mol. The Morgan fingerprint density at radius 2 is 1.79 bits per heavy atom. The van der Waals surface area contributed by atoms with Gasteiger partial charge in [0, 0.05) is 16.5 Å². The van der Waals surface area contributed by atoms with Crippen molar-refractivity contribution in [1.82, 2.24) is 10.6 Å². The second-order valence-corrected chi connectivity index (χ2v) is 15.4. The minimum atomic E-state index is -0.845. The van der Waals surface area contributed by atoms with Gasteiger partial charge in [0.25, 0.3) is 0 Å². The van der Waals surface area contributed by atoms with Gasteiger partial charge in [0.15, 0.2) is 0 Å². The van der Waals surface area contributed by atoms with Gasteiger partial charge < -0.3 is 20.3 Å². The van der Waals surface area contributed by atoms with Crippen LogP contribution in [0, 0.1) is 17.8 Å². The number of benzene rings is 1. The molecule has 7 heteroatoms. The number of aliphatic hydroxyl groups is 2. The zero-order chi connectivity index (χ0) is 28.6. The summed E-state index contributed by atoms with van der Waals surface area (Å²) in [5, 5.41) is 28.6. The molecule has 1 saturated heterocycles. The predicted octanol–water partition coefficient (Wildman–Crippen LogP) is 5.30. The molecule has 0 aromatic heterocycles. The molecule has 6 atom stereocenters. The Labute approximate surface area is 241 Å². The second-order valence-electron chi connectivity index (χ2n) is 13.5. The van der Waals surface area contributed by atoms with E-state index in [1.54, 1.807) is 0 Å². The number of thioether (sulfide) groups is 1. The smallest absolute Gasteiger partial charge is 0.224 e. The topological polar surface area (TPSA) is 94.1 Å². The van der Waals surface area contributed by atoms with E-state index in [0.29, 0.717) is 31.2 Å². The highest BCUT2D eigenvalue weighted by molar-refractivity contribution is 8.00. The second kappa shape index (κ2) is 14.7. The first-order valence-corrected chi connectivity index (χ1v) is 16.1. The normalized spacial score (nSPS) is 25.2. The van der Waals surface area contributed by atoms with Crippen molar-refractivity contribution in [2.45, 2.75) is 128 Å². The van der Waals surface area contributed by atoms with E-state index in [1.165, 1.54) is 37.7 Å². The summed E-state index contributed by atoms with van der Waals surface area (Å²) < 4.78 is 6.16. The van der Waals surface area contributed by atoms with Crippen LogP contribution < -0.4 is 10.6 Å². The Kier molecular flexibility index (Phi) is 12.2. The molecule has 1 heterocycles. The zero-order valence-corrected chi connectivity index (χ0v) is 25.9. The quantitative estimate of drug-likeness (QED) is 0.217. The van der Waals surface area contributed by atoms with Crippen molar-refractivity contribution in [2.75, 3.05) is 12.3 Å². The largest absolute Gasteiger partial charge is 0.390 e. The van der Waals surface area contributed by atoms with Crippen LogP contribution in [0.4, 0.5) is 0 Å². The Bertz CT molecular complexity index is 871. The lowest BCUT2D eigenvalue weighted by Crippen LogP contribution is -2.50. The molecule has 2 fully saturated rings. The van der Waals surface area contributed by atoms with Crippen molar-refractivity contribution >= 4 is 17.7 Å². The van der Waals surface area contributed by atoms with Crippen LogP contribution in [-0.4, -0.2) is 63.2 Å². The van der Waals surface area contributed by atoms with Crippen molar-refractivity contribution in [3.05, 3.63) is 35.9 Å². The van der Waals surface area contributed by atoms with E-state index in [-0.39, 0.29) is 28.8 Å². The first kappa shape index (κ1) is 32.4. The molecular formula is C32H54N2O4S. The summed E-state index contributed by atoms with van der Waals surface area (Å²) in [6.45, 7) is 13.1. The molecule has 4 N–H and O–H groups in total. The number of rotatable bonds is 15. The number of nitrogens with one attached hydrogen (secondary N) is 2. The minimum absolute atomic E-state index is 0.0530. The van der Waals surface area contributed by atoms with Crippen molar-refractivity contribution in [3.8, 4) is 0 Å². The summed E-state index contributed by atoms with van der Waals surface area (Å²) in [4.78, 5) is 13.4. The standard InChI is InChI=1S/C32H54N2O4S/c1-22(2)17-27(35)28(36)26(19-24-15-11-8-12-16-24)34-30-32(6,38-30)21-33-29(37)25(20-39-31(3,4)5)18-23-13-9-7-10-14-23/h7,9-10,13-14,22,24-28,30,34-36H,8,11-12,15-21H2,1-6H3,(H,33,37)/t25?,26-,27+,28+,30?,32?/m1/s1.